The summed E-state index contributed by atoms with van der Waals surface area (Å²) in [6.45, 7) is 2.17. The number of nitrogens with zero attached hydrogens (tertiary/aromatic N) is 5. The van der Waals surface area contributed by atoms with Crippen molar-refractivity contribution in [3.63, 3.8) is 0 Å². The van der Waals surface area contributed by atoms with Gasteiger partial charge in [0.15, 0.2) is 4.96 Å². The van der Waals surface area contributed by atoms with E-state index in [2.05, 4.69) is 19.9 Å². The number of piperidine rings is 1. The molecule has 1 fully saturated rings. The molecule has 0 spiro atoms. The normalized spacial score (nSPS) is 15.0. The summed E-state index contributed by atoms with van der Waals surface area (Å²) in [6.07, 6.45) is 6.12. The first-order valence-electron chi connectivity index (χ1n) is 13.4. The van der Waals surface area contributed by atoms with E-state index < -0.39 is 0 Å². The van der Waals surface area contributed by atoms with Crippen LogP contribution in [0.1, 0.15) is 19.3 Å². The molecule has 0 bridgehead atoms. The third-order valence-electron chi connectivity index (χ3n) is 6.75. The monoisotopic (exact) mass is 640 g/mol. The Kier molecular flexibility index (Phi) is 11.1. The summed E-state index contributed by atoms with van der Waals surface area (Å²) in [4.78, 5) is 28.8. The minimum Gasteiger partial charge on any atom is -0.412 e. The summed E-state index contributed by atoms with van der Waals surface area (Å²) < 4.78 is 4.41. The summed E-state index contributed by atoms with van der Waals surface area (Å²) in [5.41, 5.74) is 9.43. The maximum Gasteiger partial charge on any atom is 0.225 e. The lowest BCUT2D eigenvalue weighted by atomic mass is 10.1. The van der Waals surface area contributed by atoms with E-state index in [4.69, 9.17) is 27.3 Å². The lowest BCUT2D eigenvalue weighted by Crippen LogP contribution is -2.38. The Morgan fingerprint density at radius 2 is 1.93 bits per heavy atom. The van der Waals surface area contributed by atoms with E-state index in [0.717, 1.165) is 58.6 Å². The largest absolute Gasteiger partial charge is 0.412 e. The van der Waals surface area contributed by atoms with Gasteiger partial charge in [0.05, 0.1) is 11.4 Å². The number of halogens is 1. The van der Waals surface area contributed by atoms with E-state index >= 15 is 0 Å². The maximum absolute atomic E-state index is 12.4. The Labute approximate surface area is 262 Å². The Bertz CT molecular complexity index is 1660. The van der Waals surface area contributed by atoms with Crippen molar-refractivity contribution in [1.29, 1.82) is 0 Å². The topological polar surface area (TPSA) is 176 Å². The van der Waals surface area contributed by atoms with Crippen LogP contribution in [0.2, 0.25) is 5.02 Å². The van der Waals surface area contributed by atoms with E-state index in [9.17, 15) is 4.79 Å². The van der Waals surface area contributed by atoms with Crippen LogP contribution in [0.5, 0.6) is 0 Å². The number of fused-ring (bicyclic) bond motifs is 1. The van der Waals surface area contributed by atoms with Gasteiger partial charge in [0.2, 0.25) is 11.9 Å². The number of amides is 1. The fraction of sp³-hybridized carbons (Fsp3) is 0.241. The van der Waals surface area contributed by atoms with Gasteiger partial charge in [-0.3, -0.25) is 9.20 Å². The summed E-state index contributed by atoms with van der Waals surface area (Å²) in [5, 5.41) is 9.30. The Morgan fingerprint density at radius 1 is 1.12 bits per heavy atom. The Morgan fingerprint density at radius 3 is 2.74 bits per heavy atom. The number of benzene rings is 2. The van der Waals surface area contributed by atoms with E-state index in [-0.39, 0.29) is 35.9 Å². The summed E-state index contributed by atoms with van der Waals surface area (Å²) >= 11 is 9.35. The number of imidazole rings is 1. The van der Waals surface area contributed by atoms with Gasteiger partial charge in [-0.1, -0.05) is 29.8 Å². The number of nitrogens with one attached hydrogen (secondary N) is 2. The third-order valence-corrected chi connectivity index (χ3v) is 8.83. The second kappa shape index (κ2) is 14.8. The maximum atomic E-state index is 12.4. The summed E-state index contributed by atoms with van der Waals surface area (Å²) in [5.74, 6) is 0.443. The highest BCUT2D eigenvalue weighted by molar-refractivity contribution is 7.97. The van der Waals surface area contributed by atoms with Crippen molar-refractivity contribution in [3.05, 3.63) is 77.4 Å². The van der Waals surface area contributed by atoms with Crippen molar-refractivity contribution in [2.75, 3.05) is 30.3 Å². The van der Waals surface area contributed by atoms with Gasteiger partial charge < -0.3 is 27.3 Å². The lowest BCUT2D eigenvalue weighted by molar-refractivity contribution is -0.116. The lowest BCUT2D eigenvalue weighted by Gasteiger charge is -2.32. The smallest absolute Gasteiger partial charge is 0.225 e. The molecule has 1 aliphatic rings. The average molecular weight is 641 g/mol. The first-order valence-corrected chi connectivity index (χ1v) is 15.4. The molecule has 4 heterocycles. The number of hydrogen-bond acceptors (Lipinski definition) is 9. The fourth-order valence-corrected chi connectivity index (χ4v) is 6.76. The Hall–Kier alpha value is -3.56. The number of hydrogen-bond donors (Lipinski definition) is 3. The molecule has 6 rings (SSSR count). The van der Waals surface area contributed by atoms with Crippen LogP contribution in [0.15, 0.2) is 77.3 Å². The van der Waals surface area contributed by atoms with Gasteiger partial charge in [0.25, 0.3) is 0 Å². The minimum absolute atomic E-state index is 0. The zero-order valence-corrected chi connectivity index (χ0v) is 25.6. The van der Waals surface area contributed by atoms with Crippen LogP contribution in [0.25, 0.3) is 27.6 Å². The van der Waals surface area contributed by atoms with Crippen LogP contribution < -0.4 is 16.4 Å². The van der Waals surface area contributed by atoms with Crippen LogP contribution in [0.4, 0.5) is 11.6 Å². The number of carbonyl (C=O) groups is 1. The molecule has 0 unspecified atom stereocenters. The first kappa shape index (κ1) is 32.4. The van der Waals surface area contributed by atoms with E-state index in [1.165, 1.54) is 4.90 Å². The van der Waals surface area contributed by atoms with Gasteiger partial charge >= 0.3 is 0 Å². The standard InChI is InChI=1S/C29H29ClN8OS2.2H2O/c30-19-7-9-21(10-8-19)41-37-15-3-4-20(18-37)33-28-32-14-12-24(35-28)27-26(36-29-38(27)16-17-40-29)22-5-1-2-6-23(22)34-25(39)11-13-31;;/h1-2,5-10,12,14,16-17,20H,3-4,11,13,15,18,31H2,(H,34,39)(H,32,33,35);2*1H2/t20-;;/m1../s1. The van der Waals surface area contributed by atoms with E-state index in [1.54, 1.807) is 29.5 Å². The van der Waals surface area contributed by atoms with Crippen LogP contribution in [-0.4, -0.2) is 66.2 Å². The first-order chi connectivity index (χ1) is 20.1. The van der Waals surface area contributed by atoms with Gasteiger partial charge in [-0.15, -0.1) is 11.3 Å². The van der Waals surface area contributed by atoms with Crippen molar-refractivity contribution in [2.24, 2.45) is 5.73 Å². The molecule has 1 saturated heterocycles. The molecule has 1 amide bonds. The van der Waals surface area contributed by atoms with Crippen molar-refractivity contribution in [1.82, 2.24) is 23.7 Å². The van der Waals surface area contributed by atoms with Crippen LogP contribution in [0, 0.1) is 0 Å². The predicted molar refractivity (Wildman–Crippen MR) is 175 cm³/mol. The number of nitrogens with two attached hydrogens (primary N) is 1. The second-order valence-corrected chi connectivity index (χ2v) is 12.2. The molecular formula is C29H33ClN8O3S2. The molecule has 43 heavy (non-hydrogen) atoms. The molecule has 2 aromatic carbocycles. The Balaban J connectivity index is 0.00000212. The summed E-state index contributed by atoms with van der Waals surface area (Å²) in [6, 6.07) is 17.7. The molecule has 8 N–H and O–H groups in total. The van der Waals surface area contributed by atoms with Crippen LogP contribution >= 0.6 is 34.9 Å². The zero-order valence-electron chi connectivity index (χ0n) is 23.2. The van der Waals surface area contributed by atoms with Crippen molar-refractivity contribution in [3.8, 4) is 22.6 Å². The molecule has 226 valence electrons. The van der Waals surface area contributed by atoms with Gasteiger partial charge in [-0.05, 0) is 61.2 Å². The number of carbonyl (C=O) groups excluding carboxylic acids is 1. The van der Waals surface area contributed by atoms with E-state index in [1.807, 2.05) is 70.6 Å². The molecule has 11 nitrogen and oxygen atoms in total. The molecule has 0 aliphatic carbocycles. The highest BCUT2D eigenvalue weighted by atomic mass is 35.5. The highest BCUT2D eigenvalue weighted by Crippen LogP contribution is 2.37. The average Bonchev–Trinajstić information content (AvgIpc) is 3.57. The molecular weight excluding hydrogens is 608 g/mol. The molecule has 1 aliphatic heterocycles. The molecule has 14 heteroatoms. The SMILES string of the molecule is NCCC(=O)Nc1ccccc1-c1nc2sccn2c1-c1ccnc(N[C@@H]2CCCN(Sc3ccc(Cl)cc3)C2)n1.O.O. The zero-order chi connectivity index (χ0) is 28.2. The van der Waals surface area contributed by atoms with Crippen molar-refractivity contribution < 1.29 is 15.7 Å². The number of para-hydroxylation sites is 1. The van der Waals surface area contributed by atoms with Crippen molar-refractivity contribution >= 4 is 57.4 Å². The second-order valence-electron chi connectivity index (χ2n) is 9.68. The van der Waals surface area contributed by atoms with Crippen molar-refractivity contribution in [2.45, 2.75) is 30.2 Å². The number of anilines is 2. The molecule has 0 saturated carbocycles. The number of aromatic nitrogens is 4. The molecule has 0 radical (unpaired) electrons. The highest BCUT2D eigenvalue weighted by Gasteiger charge is 2.24. The molecule has 3 aromatic heterocycles. The quantitative estimate of drug-likeness (QED) is 0.199. The molecule has 5 aromatic rings. The van der Waals surface area contributed by atoms with Gasteiger partial charge in [0, 0.05) is 65.4 Å². The minimum atomic E-state index is -0.133. The van der Waals surface area contributed by atoms with Crippen LogP contribution in [-0.2, 0) is 4.79 Å². The van der Waals surface area contributed by atoms with Crippen LogP contribution in [0.3, 0.4) is 0 Å². The van der Waals surface area contributed by atoms with Gasteiger partial charge in [0.1, 0.15) is 11.4 Å². The third kappa shape index (κ3) is 7.51. The van der Waals surface area contributed by atoms with E-state index in [0.29, 0.717) is 11.6 Å². The fourth-order valence-electron chi connectivity index (χ4n) is 4.89. The predicted octanol–water partition coefficient (Wildman–Crippen LogP) is 4.39. The molecule has 1 atom stereocenters. The number of rotatable bonds is 9. The van der Waals surface area contributed by atoms with Gasteiger partial charge in [-0.2, -0.15) is 0 Å². The summed E-state index contributed by atoms with van der Waals surface area (Å²) in [7, 11) is 0. The van der Waals surface area contributed by atoms with Gasteiger partial charge in [-0.25, -0.2) is 19.3 Å². The number of thiazole rings is 1.